The van der Waals surface area contributed by atoms with E-state index in [-0.39, 0.29) is 28.8 Å². The van der Waals surface area contributed by atoms with Gasteiger partial charge in [-0.3, -0.25) is 4.79 Å². The molecule has 9 nitrogen and oxygen atoms in total. The number of benzene rings is 2. The van der Waals surface area contributed by atoms with E-state index in [2.05, 4.69) is 4.72 Å². The maximum Gasteiger partial charge on any atom is 0.253 e. The molecule has 0 fully saturated rings. The molecule has 0 aliphatic rings. The number of carbonyl (C=O) groups is 1. The number of carbonyl (C=O) groups excluding carboxylic acids is 1. The summed E-state index contributed by atoms with van der Waals surface area (Å²) >= 11 is 0. The van der Waals surface area contributed by atoms with E-state index in [1.54, 1.807) is 19.2 Å². The monoisotopic (exact) mass is 484 g/mol. The molecule has 2 aromatic carbocycles. The average Bonchev–Trinajstić information content (AvgIpc) is 2.76. The summed E-state index contributed by atoms with van der Waals surface area (Å²) in [6, 6.07) is 11.9. The highest BCUT2D eigenvalue weighted by molar-refractivity contribution is 7.90. The van der Waals surface area contributed by atoms with Gasteiger partial charge in [0.1, 0.15) is 5.75 Å². The summed E-state index contributed by atoms with van der Waals surface area (Å²) in [6.45, 7) is 1.12. The molecule has 0 spiro atoms. The molecule has 0 bridgehead atoms. The molecule has 11 heteroatoms. The Balaban J connectivity index is 1.86. The topological polar surface area (TPSA) is 119 Å². The Bertz CT molecular complexity index is 1120. The SMILES string of the molecule is COCCNS(=O)(=O)c1ccc(C(=O)N(C)CCCOc2cccc(S(C)(=O)=O)c2)cc1. The van der Waals surface area contributed by atoms with Crippen molar-refractivity contribution in [2.75, 3.05) is 46.7 Å². The van der Waals surface area contributed by atoms with Crippen LogP contribution >= 0.6 is 0 Å². The van der Waals surface area contributed by atoms with Gasteiger partial charge in [-0.1, -0.05) is 6.07 Å². The first-order chi connectivity index (χ1) is 15.0. The fourth-order valence-corrected chi connectivity index (χ4v) is 4.42. The minimum absolute atomic E-state index is 0.0672. The highest BCUT2D eigenvalue weighted by atomic mass is 32.2. The third kappa shape index (κ3) is 7.59. The fraction of sp³-hybridized carbons (Fsp3) is 0.381. The van der Waals surface area contributed by atoms with Crippen LogP contribution in [0.4, 0.5) is 0 Å². The van der Waals surface area contributed by atoms with Crippen LogP contribution in [0.1, 0.15) is 16.8 Å². The van der Waals surface area contributed by atoms with Crippen molar-refractivity contribution in [3.05, 3.63) is 54.1 Å². The zero-order chi connectivity index (χ0) is 23.8. The number of nitrogens with one attached hydrogen (secondary N) is 1. The molecule has 0 aliphatic heterocycles. The van der Waals surface area contributed by atoms with Crippen LogP contribution in [0.15, 0.2) is 58.3 Å². The van der Waals surface area contributed by atoms with Crippen LogP contribution in [-0.2, 0) is 24.6 Å². The van der Waals surface area contributed by atoms with Gasteiger partial charge in [-0.05, 0) is 48.9 Å². The van der Waals surface area contributed by atoms with Gasteiger partial charge in [-0.25, -0.2) is 21.6 Å². The van der Waals surface area contributed by atoms with E-state index in [4.69, 9.17) is 9.47 Å². The first-order valence-electron chi connectivity index (χ1n) is 9.81. The third-order valence-electron chi connectivity index (χ3n) is 4.50. The van der Waals surface area contributed by atoms with E-state index >= 15 is 0 Å². The fourth-order valence-electron chi connectivity index (χ4n) is 2.75. The molecule has 32 heavy (non-hydrogen) atoms. The molecule has 0 radical (unpaired) electrons. The summed E-state index contributed by atoms with van der Waals surface area (Å²) in [6.07, 6.45) is 1.66. The van der Waals surface area contributed by atoms with Gasteiger partial charge in [0.25, 0.3) is 5.91 Å². The van der Waals surface area contributed by atoms with Crippen LogP contribution in [0, 0.1) is 0 Å². The van der Waals surface area contributed by atoms with E-state index in [0.717, 1.165) is 6.26 Å². The summed E-state index contributed by atoms with van der Waals surface area (Å²) in [5, 5.41) is 0. The number of hydrogen-bond acceptors (Lipinski definition) is 7. The second-order valence-corrected chi connectivity index (χ2v) is 10.9. The predicted molar refractivity (Wildman–Crippen MR) is 120 cm³/mol. The zero-order valence-electron chi connectivity index (χ0n) is 18.3. The molecule has 1 N–H and O–H groups in total. The van der Waals surface area contributed by atoms with Crippen molar-refractivity contribution in [2.45, 2.75) is 16.2 Å². The Labute approximate surface area is 189 Å². The molecule has 0 aliphatic carbocycles. The van der Waals surface area contributed by atoms with E-state index in [1.165, 1.54) is 48.4 Å². The first-order valence-corrected chi connectivity index (χ1v) is 13.2. The highest BCUT2D eigenvalue weighted by Crippen LogP contribution is 2.17. The Morgan fingerprint density at radius 1 is 1.00 bits per heavy atom. The summed E-state index contributed by atoms with van der Waals surface area (Å²) in [5.74, 6) is 0.193. The van der Waals surface area contributed by atoms with Gasteiger partial charge < -0.3 is 14.4 Å². The maximum atomic E-state index is 12.6. The average molecular weight is 485 g/mol. The van der Waals surface area contributed by atoms with Crippen LogP contribution in [0.3, 0.4) is 0 Å². The van der Waals surface area contributed by atoms with Crippen molar-refractivity contribution >= 4 is 25.8 Å². The Kier molecular flexibility index (Phi) is 9.20. The van der Waals surface area contributed by atoms with Crippen LogP contribution in [0.25, 0.3) is 0 Å². The maximum absolute atomic E-state index is 12.6. The lowest BCUT2D eigenvalue weighted by Crippen LogP contribution is -2.29. The molecule has 2 aromatic rings. The molecule has 1 amide bonds. The lowest BCUT2D eigenvalue weighted by molar-refractivity contribution is 0.0787. The number of rotatable bonds is 12. The van der Waals surface area contributed by atoms with Crippen LogP contribution in [0.2, 0.25) is 0 Å². The Morgan fingerprint density at radius 3 is 2.31 bits per heavy atom. The molecule has 176 valence electrons. The van der Waals surface area contributed by atoms with Gasteiger partial charge >= 0.3 is 0 Å². The molecule has 2 rings (SSSR count). The lowest BCUT2D eigenvalue weighted by atomic mass is 10.2. The standard InChI is InChI=1S/C21H28N2O7S2/c1-23(13-5-14-30-18-6-4-7-20(16-18)31(3,25)26)21(24)17-8-10-19(11-9-17)32(27,28)22-12-15-29-2/h4,6-11,16,22H,5,12-15H2,1-3H3. The quantitative estimate of drug-likeness (QED) is 0.454. The predicted octanol–water partition coefficient (Wildman–Crippen LogP) is 1.56. The molecular weight excluding hydrogens is 456 g/mol. The number of methoxy groups -OCH3 is 1. The lowest BCUT2D eigenvalue weighted by Gasteiger charge is -2.17. The van der Waals surface area contributed by atoms with Crippen molar-refractivity contribution in [1.82, 2.24) is 9.62 Å². The summed E-state index contributed by atoms with van der Waals surface area (Å²) < 4.78 is 60.4. The number of amides is 1. The van der Waals surface area contributed by atoms with Crippen molar-refractivity contribution in [3.63, 3.8) is 0 Å². The number of sulfonamides is 1. The largest absolute Gasteiger partial charge is 0.493 e. The molecule has 0 saturated heterocycles. The number of hydrogen-bond donors (Lipinski definition) is 1. The number of sulfone groups is 1. The highest BCUT2D eigenvalue weighted by Gasteiger charge is 2.16. The molecule has 0 heterocycles. The molecule has 0 atom stereocenters. The van der Waals surface area contributed by atoms with Crippen LogP contribution in [0.5, 0.6) is 5.75 Å². The Morgan fingerprint density at radius 2 is 1.69 bits per heavy atom. The summed E-state index contributed by atoms with van der Waals surface area (Å²) in [7, 11) is -3.85. The number of ether oxygens (including phenoxy) is 2. The smallest absolute Gasteiger partial charge is 0.253 e. The van der Waals surface area contributed by atoms with Gasteiger partial charge in [0.15, 0.2) is 9.84 Å². The van der Waals surface area contributed by atoms with Gasteiger partial charge in [0.2, 0.25) is 10.0 Å². The number of nitrogens with zero attached hydrogens (tertiary/aromatic N) is 1. The van der Waals surface area contributed by atoms with Crippen molar-refractivity contribution in [2.24, 2.45) is 0 Å². The van der Waals surface area contributed by atoms with E-state index in [9.17, 15) is 21.6 Å². The minimum Gasteiger partial charge on any atom is -0.493 e. The molecule has 0 unspecified atom stereocenters. The van der Waals surface area contributed by atoms with Crippen LogP contribution in [-0.4, -0.2) is 74.4 Å². The van der Waals surface area contributed by atoms with Crippen LogP contribution < -0.4 is 9.46 Å². The van der Waals surface area contributed by atoms with Gasteiger partial charge in [-0.15, -0.1) is 0 Å². The first kappa shape index (κ1) is 25.8. The zero-order valence-corrected chi connectivity index (χ0v) is 19.9. The van der Waals surface area contributed by atoms with E-state index in [0.29, 0.717) is 30.9 Å². The second-order valence-electron chi connectivity index (χ2n) is 7.09. The third-order valence-corrected chi connectivity index (χ3v) is 7.08. The Hall–Kier alpha value is -2.47. The van der Waals surface area contributed by atoms with Gasteiger partial charge in [0, 0.05) is 39.1 Å². The van der Waals surface area contributed by atoms with E-state index < -0.39 is 19.9 Å². The van der Waals surface area contributed by atoms with Gasteiger partial charge in [0.05, 0.1) is 23.0 Å². The molecular formula is C21H28N2O7S2. The van der Waals surface area contributed by atoms with Crippen molar-refractivity contribution < 1.29 is 31.1 Å². The summed E-state index contributed by atoms with van der Waals surface area (Å²) in [4.78, 5) is 14.3. The van der Waals surface area contributed by atoms with E-state index in [1.807, 2.05) is 0 Å². The minimum atomic E-state index is -3.66. The van der Waals surface area contributed by atoms with Gasteiger partial charge in [-0.2, -0.15) is 0 Å². The summed E-state index contributed by atoms with van der Waals surface area (Å²) in [5.41, 5.74) is 0.366. The second kappa shape index (κ2) is 11.4. The normalized spacial score (nSPS) is 11.8. The molecule has 0 saturated carbocycles. The van der Waals surface area contributed by atoms with Crippen molar-refractivity contribution in [3.8, 4) is 5.75 Å². The van der Waals surface area contributed by atoms with Crippen molar-refractivity contribution in [1.29, 1.82) is 0 Å². The molecule has 0 aromatic heterocycles.